The van der Waals surface area contributed by atoms with Crippen molar-refractivity contribution in [3.05, 3.63) is 35.6 Å². The van der Waals surface area contributed by atoms with E-state index in [1.807, 2.05) is 18.2 Å². The zero-order valence-electron chi connectivity index (χ0n) is 16.8. The lowest BCUT2D eigenvalue weighted by atomic mass is 9.98. The van der Waals surface area contributed by atoms with Crippen LogP contribution in [0.15, 0.2) is 33.7 Å². The molecular formula is C21H33IN4O. The summed E-state index contributed by atoms with van der Waals surface area (Å²) in [6.07, 6.45) is 2.59. The molecule has 2 N–H and O–H groups in total. The minimum atomic E-state index is 0. The maximum absolute atomic E-state index is 5.98. The first-order valence-corrected chi connectivity index (χ1v) is 9.92. The predicted octanol–water partition coefficient (Wildman–Crippen LogP) is 4.15. The van der Waals surface area contributed by atoms with Crippen molar-refractivity contribution in [2.24, 2.45) is 10.9 Å². The molecule has 1 saturated heterocycles. The van der Waals surface area contributed by atoms with Crippen LogP contribution < -0.4 is 10.6 Å². The highest BCUT2D eigenvalue weighted by atomic mass is 127. The fraction of sp³-hybridized carbons (Fsp3) is 0.571. The number of hydrogen-bond acceptors (Lipinski definition) is 3. The molecule has 0 bridgehead atoms. The number of nitrogens with one attached hydrogen (secondary N) is 2. The molecule has 1 atom stereocenters. The monoisotopic (exact) mass is 484 g/mol. The van der Waals surface area contributed by atoms with Crippen LogP contribution in [0.25, 0.3) is 11.0 Å². The van der Waals surface area contributed by atoms with Gasteiger partial charge in [0.05, 0.1) is 0 Å². The summed E-state index contributed by atoms with van der Waals surface area (Å²) < 4.78 is 5.98. The fourth-order valence-electron chi connectivity index (χ4n) is 3.71. The third-order valence-electron chi connectivity index (χ3n) is 5.28. The normalized spacial score (nSPS) is 18.3. The first kappa shape index (κ1) is 22.0. The van der Waals surface area contributed by atoms with Crippen LogP contribution in [-0.2, 0) is 6.54 Å². The third kappa shape index (κ3) is 5.85. The van der Waals surface area contributed by atoms with Crippen LogP contribution in [0.1, 0.15) is 38.0 Å². The molecule has 1 unspecified atom stereocenters. The van der Waals surface area contributed by atoms with E-state index in [1.54, 1.807) is 0 Å². The lowest BCUT2D eigenvalue weighted by Gasteiger charge is -2.32. The number of aryl methyl sites for hydroxylation is 1. The molecular weight excluding hydrogens is 451 g/mol. The van der Waals surface area contributed by atoms with Crippen molar-refractivity contribution < 1.29 is 4.42 Å². The van der Waals surface area contributed by atoms with Gasteiger partial charge in [0.1, 0.15) is 17.9 Å². The molecule has 5 nitrogen and oxygen atoms in total. The molecule has 1 aromatic heterocycles. The molecule has 0 spiro atoms. The molecule has 6 heteroatoms. The van der Waals surface area contributed by atoms with E-state index in [9.17, 15) is 0 Å². The van der Waals surface area contributed by atoms with Crippen LogP contribution in [-0.4, -0.2) is 43.6 Å². The Morgan fingerprint density at radius 1 is 1.26 bits per heavy atom. The van der Waals surface area contributed by atoms with E-state index < -0.39 is 0 Å². The number of hydrogen-bond donors (Lipinski definition) is 2. The van der Waals surface area contributed by atoms with Crippen LogP contribution in [0.5, 0.6) is 0 Å². The number of guanidine groups is 1. The highest BCUT2D eigenvalue weighted by Crippen LogP contribution is 2.25. The Hall–Kier alpha value is -1.28. The second-order valence-corrected chi connectivity index (χ2v) is 7.12. The van der Waals surface area contributed by atoms with Crippen molar-refractivity contribution in [1.29, 1.82) is 0 Å². The Morgan fingerprint density at radius 2 is 2.07 bits per heavy atom. The lowest BCUT2D eigenvalue weighted by Crippen LogP contribution is -2.44. The molecule has 1 fully saturated rings. The predicted molar refractivity (Wildman–Crippen MR) is 124 cm³/mol. The Morgan fingerprint density at radius 3 is 2.81 bits per heavy atom. The van der Waals surface area contributed by atoms with Crippen LogP contribution >= 0.6 is 24.0 Å². The van der Waals surface area contributed by atoms with Crippen molar-refractivity contribution >= 4 is 40.9 Å². The van der Waals surface area contributed by atoms with E-state index >= 15 is 0 Å². The third-order valence-corrected chi connectivity index (χ3v) is 5.28. The molecule has 0 radical (unpaired) electrons. The van der Waals surface area contributed by atoms with Crippen LogP contribution in [0.2, 0.25) is 0 Å². The average Bonchev–Trinajstić information content (AvgIpc) is 3.00. The summed E-state index contributed by atoms with van der Waals surface area (Å²) >= 11 is 0. The first-order chi connectivity index (χ1) is 12.7. The zero-order chi connectivity index (χ0) is 18.4. The van der Waals surface area contributed by atoms with Gasteiger partial charge >= 0.3 is 0 Å². The molecule has 0 saturated carbocycles. The van der Waals surface area contributed by atoms with Crippen LogP contribution in [0.4, 0.5) is 0 Å². The number of fused-ring (bicyclic) bond motifs is 1. The quantitative estimate of drug-likeness (QED) is 0.368. The molecule has 1 aliphatic heterocycles. The number of furan rings is 1. The summed E-state index contributed by atoms with van der Waals surface area (Å²) in [5.41, 5.74) is 2.13. The van der Waals surface area contributed by atoms with Gasteiger partial charge in [0.2, 0.25) is 0 Å². The van der Waals surface area contributed by atoms with Gasteiger partial charge in [-0.15, -0.1) is 24.0 Å². The smallest absolute Gasteiger partial charge is 0.191 e. The summed E-state index contributed by atoms with van der Waals surface area (Å²) in [5, 5.41) is 8.06. The number of halogens is 1. The van der Waals surface area contributed by atoms with Gasteiger partial charge in [0, 0.05) is 30.6 Å². The summed E-state index contributed by atoms with van der Waals surface area (Å²) in [4.78, 5) is 7.29. The second kappa shape index (κ2) is 10.9. The van der Waals surface area contributed by atoms with Crippen molar-refractivity contribution in [3.63, 3.8) is 0 Å². The van der Waals surface area contributed by atoms with Gasteiger partial charge in [-0.05, 0) is 51.8 Å². The highest BCUT2D eigenvalue weighted by Gasteiger charge is 2.18. The van der Waals surface area contributed by atoms with Gasteiger partial charge < -0.3 is 20.0 Å². The summed E-state index contributed by atoms with van der Waals surface area (Å²) in [6, 6.07) is 8.18. The Balaban J connectivity index is 0.00000261. The maximum Gasteiger partial charge on any atom is 0.191 e. The lowest BCUT2D eigenvalue weighted by molar-refractivity contribution is 0.183. The van der Waals surface area contributed by atoms with Crippen molar-refractivity contribution in [3.8, 4) is 0 Å². The molecule has 2 heterocycles. The van der Waals surface area contributed by atoms with E-state index in [1.165, 1.54) is 36.9 Å². The van der Waals surface area contributed by atoms with Gasteiger partial charge in [0.25, 0.3) is 0 Å². The first-order valence-electron chi connectivity index (χ1n) is 9.92. The second-order valence-electron chi connectivity index (χ2n) is 7.12. The Kier molecular flexibility index (Phi) is 8.89. The van der Waals surface area contributed by atoms with Crippen molar-refractivity contribution in [1.82, 2.24) is 15.5 Å². The standard InChI is InChI=1S/C21H32N4O.HI/c1-4-22-21(23-13-17-9-8-12-25(5-2)15-17)24-14-20-16(3)18-10-6-7-11-19(18)26-20;/h6-7,10-11,17H,4-5,8-9,12-15H2,1-3H3,(H2,22,23,24);1H. The number of benzene rings is 1. The minimum absolute atomic E-state index is 0. The van der Waals surface area contributed by atoms with Gasteiger partial charge in [-0.3, -0.25) is 0 Å². The molecule has 0 amide bonds. The highest BCUT2D eigenvalue weighted by molar-refractivity contribution is 14.0. The van der Waals surface area contributed by atoms with Crippen LogP contribution in [0.3, 0.4) is 0 Å². The average molecular weight is 484 g/mol. The zero-order valence-corrected chi connectivity index (χ0v) is 19.1. The molecule has 150 valence electrons. The molecule has 2 aromatic rings. The number of piperidine rings is 1. The maximum atomic E-state index is 5.98. The van der Waals surface area contributed by atoms with E-state index in [2.05, 4.69) is 42.4 Å². The van der Waals surface area contributed by atoms with Crippen LogP contribution in [0, 0.1) is 12.8 Å². The summed E-state index contributed by atoms with van der Waals surface area (Å²) in [5.74, 6) is 2.51. The van der Waals surface area contributed by atoms with Gasteiger partial charge in [-0.1, -0.05) is 25.1 Å². The number of para-hydroxylation sites is 1. The molecule has 1 aromatic carbocycles. The molecule has 3 rings (SSSR count). The van der Waals surface area contributed by atoms with E-state index in [0.29, 0.717) is 12.5 Å². The number of aliphatic imine (C=N–C) groups is 1. The van der Waals surface area contributed by atoms with E-state index in [0.717, 1.165) is 36.9 Å². The van der Waals surface area contributed by atoms with E-state index in [-0.39, 0.29) is 24.0 Å². The molecule has 1 aliphatic rings. The van der Waals surface area contributed by atoms with Gasteiger partial charge in [0.15, 0.2) is 5.96 Å². The van der Waals surface area contributed by atoms with Gasteiger partial charge in [-0.25, -0.2) is 4.99 Å². The SMILES string of the molecule is CCNC(=NCc1oc2ccccc2c1C)NCC1CCCN(CC)C1.I. The summed E-state index contributed by atoms with van der Waals surface area (Å²) in [6.45, 7) is 12.4. The minimum Gasteiger partial charge on any atom is -0.459 e. The Labute approximate surface area is 180 Å². The summed E-state index contributed by atoms with van der Waals surface area (Å²) in [7, 11) is 0. The number of nitrogens with zero attached hydrogens (tertiary/aromatic N) is 2. The largest absolute Gasteiger partial charge is 0.459 e. The number of likely N-dealkylation sites (tertiary alicyclic amines) is 1. The number of rotatable bonds is 6. The van der Waals surface area contributed by atoms with E-state index in [4.69, 9.17) is 9.41 Å². The molecule has 0 aliphatic carbocycles. The fourth-order valence-corrected chi connectivity index (χ4v) is 3.71. The van der Waals surface area contributed by atoms with Gasteiger partial charge in [-0.2, -0.15) is 0 Å². The van der Waals surface area contributed by atoms with Crippen molar-refractivity contribution in [2.75, 3.05) is 32.7 Å². The molecule has 27 heavy (non-hydrogen) atoms. The Bertz CT molecular complexity index is 743. The topological polar surface area (TPSA) is 52.8 Å². The van der Waals surface area contributed by atoms with Crippen molar-refractivity contribution in [2.45, 2.75) is 40.2 Å².